The van der Waals surface area contributed by atoms with Crippen molar-refractivity contribution < 1.29 is 14.6 Å². The van der Waals surface area contributed by atoms with Crippen molar-refractivity contribution in [3.05, 3.63) is 47.5 Å². The van der Waals surface area contributed by atoms with Gasteiger partial charge in [-0.2, -0.15) is 0 Å². The van der Waals surface area contributed by atoms with Crippen LogP contribution >= 0.6 is 0 Å². The molecular weight excluding hydrogens is 242 g/mol. The molecule has 4 heteroatoms. The molecule has 0 atom stereocenters. The van der Waals surface area contributed by atoms with Gasteiger partial charge in [-0.3, -0.25) is 0 Å². The first kappa shape index (κ1) is 13.6. The molecule has 1 N–H and O–H groups in total. The van der Waals surface area contributed by atoms with Crippen LogP contribution in [0.15, 0.2) is 42.0 Å². The number of piperidine rings is 1. The lowest BCUT2D eigenvalue weighted by atomic mass is 10.0. The highest BCUT2D eigenvalue weighted by Gasteiger charge is 2.19. The number of aliphatic hydroxyl groups excluding tert-OH is 1. The molecule has 0 spiro atoms. The number of carbonyl (C=O) groups is 1. The highest BCUT2D eigenvalue weighted by molar-refractivity contribution is 5.67. The minimum absolute atomic E-state index is 0.0772. The third-order valence-corrected chi connectivity index (χ3v) is 3.25. The minimum atomic E-state index is -0.257. The van der Waals surface area contributed by atoms with Crippen molar-refractivity contribution in [1.82, 2.24) is 4.90 Å². The van der Waals surface area contributed by atoms with Crippen LogP contribution < -0.4 is 0 Å². The predicted molar refractivity (Wildman–Crippen MR) is 72.6 cm³/mol. The van der Waals surface area contributed by atoms with Gasteiger partial charge < -0.3 is 14.7 Å². The smallest absolute Gasteiger partial charge is 0.410 e. The molecule has 1 heterocycles. The number of carbonyl (C=O) groups excluding carboxylic acids is 1. The minimum Gasteiger partial charge on any atom is -0.445 e. The largest absolute Gasteiger partial charge is 0.445 e. The fourth-order valence-electron chi connectivity index (χ4n) is 2.12. The summed E-state index contributed by atoms with van der Waals surface area (Å²) < 4.78 is 5.28. The van der Waals surface area contributed by atoms with Gasteiger partial charge >= 0.3 is 6.09 Å². The summed E-state index contributed by atoms with van der Waals surface area (Å²) in [6.07, 6.45) is 3.21. The molecule has 1 fully saturated rings. The Kier molecular flexibility index (Phi) is 4.98. The number of ether oxygens (including phenoxy) is 1. The summed E-state index contributed by atoms with van der Waals surface area (Å²) >= 11 is 0. The van der Waals surface area contributed by atoms with Crippen molar-refractivity contribution in [3.63, 3.8) is 0 Å². The second kappa shape index (κ2) is 6.95. The first-order valence-electron chi connectivity index (χ1n) is 6.54. The zero-order chi connectivity index (χ0) is 13.5. The molecule has 0 aromatic heterocycles. The first-order chi connectivity index (χ1) is 9.29. The van der Waals surface area contributed by atoms with E-state index in [-0.39, 0.29) is 12.7 Å². The van der Waals surface area contributed by atoms with Crippen LogP contribution in [-0.2, 0) is 11.3 Å². The van der Waals surface area contributed by atoms with E-state index >= 15 is 0 Å². The zero-order valence-electron chi connectivity index (χ0n) is 10.9. The summed E-state index contributed by atoms with van der Waals surface area (Å²) in [7, 11) is 0. The summed E-state index contributed by atoms with van der Waals surface area (Å²) in [4.78, 5) is 13.6. The maximum atomic E-state index is 11.9. The Bertz CT molecular complexity index is 432. The van der Waals surface area contributed by atoms with Crippen LogP contribution in [-0.4, -0.2) is 35.8 Å². The SMILES string of the molecule is O=C(OCc1ccccc1)N1CCC(=CCO)CC1. The molecule has 0 saturated carbocycles. The van der Waals surface area contributed by atoms with Crippen LogP contribution in [0.25, 0.3) is 0 Å². The Labute approximate surface area is 113 Å². The number of nitrogens with zero attached hydrogens (tertiary/aromatic N) is 1. The number of aliphatic hydroxyl groups is 1. The van der Waals surface area contributed by atoms with Crippen molar-refractivity contribution in [2.75, 3.05) is 19.7 Å². The molecule has 0 bridgehead atoms. The van der Waals surface area contributed by atoms with E-state index in [9.17, 15) is 4.79 Å². The van der Waals surface area contributed by atoms with Crippen molar-refractivity contribution in [2.45, 2.75) is 19.4 Å². The monoisotopic (exact) mass is 261 g/mol. The molecular formula is C15H19NO3. The van der Waals surface area contributed by atoms with Crippen LogP contribution in [0, 0.1) is 0 Å². The third kappa shape index (κ3) is 4.10. The van der Waals surface area contributed by atoms with Gasteiger partial charge in [0, 0.05) is 13.1 Å². The third-order valence-electron chi connectivity index (χ3n) is 3.25. The fourth-order valence-corrected chi connectivity index (χ4v) is 2.12. The highest BCUT2D eigenvalue weighted by Crippen LogP contribution is 2.16. The molecule has 1 aromatic rings. The molecule has 4 nitrogen and oxygen atoms in total. The molecule has 1 saturated heterocycles. The zero-order valence-corrected chi connectivity index (χ0v) is 10.9. The van der Waals surface area contributed by atoms with Crippen LogP contribution in [0.2, 0.25) is 0 Å². The van der Waals surface area contributed by atoms with Gasteiger partial charge in [-0.05, 0) is 18.4 Å². The Morgan fingerprint density at radius 1 is 1.26 bits per heavy atom. The van der Waals surface area contributed by atoms with E-state index in [1.54, 1.807) is 4.90 Å². The molecule has 0 radical (unpaired) electrons. The standard InChI is InChI=1S/C15H19NO3/c17-11-8-13-6-9-16(10-7-13)15(18)19-12-14-4-2-1-3-5-14/h1-5,8,17H,6-7,9-12H2. The van der Waals surface area contributed by atoms with E-state index in [1.165, 1.54) is 5.57 Å². The molecule has 0 unspecified atom stereocenters. The lowest BCUT2D eigenvalue weighted by Crippen LogP contribution is -2.36. The lowest BCUT2D eigenvalue weighted by Gasteiger charge is -2.27. The molecule has 19 heavy (non-hydrogen) atoms. The lowest BCUT2D eigenvalue weighted by molar-refractivity contribution is 0.0935. The number of hydrogen-bond acceptors (Lipinski definition) is 3. The number of likely N-dealkylation sites (tertiary alicyclic amines) is 1. The van der Waals surface area contributed by atoms with E-state index in [2.05, 4.69) is 0 Å². The Hall–Kier alpha value is -1.81. The van der Waals surface area contributed by atoms with Gasteiger partial charge in [-0.1, -0.05) is 42.0 Å². The van der Waals surface area contributed by atoms with Crippen LogP contribution in [0.1, 0.15) is 18.4 Å². The van der Waals surface area contributed by atoms with Crippen molar-refractivity contribution in [2.24, 2.45) is 0 Å². The normalized spacial score (nSPS) is 15.2. The van der Waals surface area contributed by atoms with Gasteiger partial charge in [0.1, 0.15) is 6.61 Å². The molecule has 1 aliphatic heterocycles. The number of hydrogen-bond donors (Lipinski definition) is 1. The van der Waals surface area contributed by atoms with Gasteiger partial charge in [0.15, 0.2) is 0 Å². The maximum Gasteiger partial charge on any atom is 0.410 e. The first-order valence-corrected chi connectivity index (χ1v) is 6.54. The fraction of sp³-hybridized carbons (Fsp3) is 0.400. The van der Waals surface area contributed by atoms with Crippen molar-refractivity contribution in [3.8, 4) is 0 Å². The van der Waals surface area contributed by atoms with E-state index in [0.29, 0.717) is 19.7 Å². The van der Waals surface area contributed by atoms with Crippen LogP contribution in [0.3, 0.4) is 0 Å². The van der Waals surface area contributed by atoms with E-state index in [4.69, 9.17) is 9.84 Å². The summed E-state index contributed by atoms with van der Waals surface area (Å²) in [5.74, 6) is 0. The molecule has 1 amide bonds. The summed E-state index contributed by atoms with van der Waals surface area (Å²) in [5.41, 5.74) is 2.21. The Morgan fingerprint density at radius 2 is 1.95 bits per heavy atom. The highest BCUT2D eigenvalue weighted by atomic mass is 16.6. The summed E-state index contributed by atoms with van der Waals surface area (Å²) in [6, 6.07) is 9.66. The Morgan fingerprint density at radius 3 is 2.58 bits per heavy atom. The second-order valence-electron chi connectivity index (χ2n) is 4.57. The quantitative estimate of drug-likeness (QED) is 0.850. The molecule has 0 aliphatic carbocycles. The van der Waals surface area contributed by atoms with Gasteiger partial charge in [0.2, 0.25) is 0 Å². The van der Waals surface area contributed by atoms with Gasteiger partial charge in [-0.15, -0.1) is 0 Å². The number of benzene rings is 1. The predicted octanol–water partition coefficient (Wildman–Crippen LogP) is 2.34. The molecule has 1 aliphatic rings. The summed E-state index contributed by atoms with van der Waals surface area (Å²) in [6.45, 7) is 1.72. The molecule has 1 aromatic carbocycles. The van der Waals surface area contributed by atoms with Crippen molar-refractivity contribution >= 4 is 6.09 Å². The maximum absolute atomic E-state index is 11.9. The van der Waals surface area contributed by atoms with Gasteiger partial charge in [0.05, 0.1) is 6.61 Å². The van der Waals surface area contributed by atoms with Gasteiger partial charge in [0.25, 0.3) is 0 Å². The Balaban J connectivity index is 1.77. The van der Waals surface area contributed by atoms with Gasteiger partial charge in [-0.25, -0.2) is 4.79 Å². The summed E-state index contributed by atoms with van der Waals surface area (Å²) in [5, 5.41) is 8.82. The van der Waals surface area contributed by atoms with E-state index in [1.807, 2.05) is 36.4 Å². The molecule has 102 valence electrons. The second-order valence-corrected chi connectivity index (χ2v) is 4.57. The number of amides is 1. The van der Waals surface area contributed by atoms with Crippen LogP contribution in [0.4, 0.5) is 4.79 Å². The van der Waals surface area contributed by atoms with Crippen molar-refractivity contribution in [1.29, 1.82) is 0 Å². The average Bonchev–Trinajstić information content (AvgIpc) is 2.47. The van der Waals surface area contributed by atoms with E-state index in [0.717, 1.165) is 18.4 Å². The number of rotatable bonds is 3. The topological polar surface area (TPSA) is 49.8 Å². The van der Waals surface area contributed by atoms with E-state index < -0.39 is 0 Å². The van der Waals surface area contributed by atoms with Crippen LogP contribution in [0.5, 0.6) is 0 Å². The molecule has 2 rings (SSSR count). The average molecular weight is 261 g/mol.